The van der Waals surface area contributed by atoms with Gasteiger partial charge in [0, 0.05) is 0 Å². The van der Waals surface area contributed by atoms with Crippen molar-refractivity contribution in [3.63, 3.8) is 0 Å². The van der Waals surface area contributed by atoms with E-state index in [2.05, 4.69) is 2.84 Å². The molecule has 0 saturated carbocycles. The minimum absolute atomic E-state index is 0. The van der Waals surface area contributed by atoms with Gasteiger partial charge in [0.25, 0.3) is 0 Å². The molecule has 16 heavy (non-hydrogen) atoms. The van der Waals surface area contributed by atoms with E-state index in [0.717, 1.165) is 0 Å². The minimum atomic E-state index is -6.07. The van der Waals surface area contributed by atoms with E-state index in [-0.39, 0.29) is 59.1 Å². The summed E-state index contributed by atoms with van der Waals surface area (Å²) in [5.41, 5.74) is 0. The van der Waals surface area contributed by atoms with Crippen LogP contribution in [0.3, 0.4) is 0 Å². The molecule has 0 heterocycles. The molecule has 0 aromatic rings. The van der Waals surface area contributed by atoms with Gasteiger partial charge in [0.15, 0.2) is 0 Å². The predicted octanol–water partition coefficient (Wildman–Crippen LogP) is -10.3. The summed E-state index contributed by atoms with van der Waals surface area (Å²) in [6, 6.07) is 0. The van der Waals surface area contributed by atoms with Gasteiger partial charge < -0.3 is 0 Å². The fraction of sp³-hybridized carbons (Fsp3) is 0. The van der Waals surface area contributed by atoms with Crippen molar-refractivity contribution in [3.05, 3.63) is 0 Å². The molecule has 0 spiro atoms. The second kappa shape index (κ2) is 10.0. The summed E-state index contributed by atoms with van der Waals surface area (Å²) in [6.07, 6.45) is 0. The number of hydrogen-bond acceptors (Lipinski definition) is 9. The second-order valence-corrected chi connectivity index (χ2v) is 6.37. The van der Waals surface area contributed by atoms with Crippen molar-refractivity contribution in [2.75, 3.05) is 0 Å². The predicted molar refractivity (Wildman–Crippen MR) is 9.64 cm³/mol. The van der Waals surface area contributed by atoms with Gasteiger partial charge in [-0.25, -0.2) is 0 Å². The van der Waals surface area contributed by atoms with Crippen LogP contribution in [0.25, 0.3) is 0 Å². The molecule has 0 aliphatic carbocycles. The molecule has 0 aromatic carbocycles. The summed E-state index contributed by atoms with van der Waals surface area (Å²) in [4.78, 5) is 0. The van der Waals surface area contributed by atoms with Crippen LogP contribution in [0.15, 0.2) is 0 Å². The zero-order valence-corrected chi connectivity index (χ0v) is 15.6. The van der Waals surface area contributed by atoms with Crippen molar-refractivity contribution in [2.45, 2.75) is 0 Å². The quantitative estimate of drug-likeness (QED) is 0.431. The molecule has 0 radical (unpaired) electrons. The standard InChI is InChI=1S/3Cr.2Na.2H2O.9O/h;;;;;2*1H2;;;;;;;;;/q;;+2;2*+1;;;;;;;;;;2*-1/p-2. The average molecular weight is 380 g/mol. The maximum absolute atomic E-state index is 9.38. The van der Waals surface area contributed by atoms with Gasteiger partial charge in [-0.3, -0.25) is 0 Å². The van der Waals surface area contributed by atoms with E-state index in [0.29, 0.717) is 0 Å². The molecule has 0 aliphatic rings. The Hall–Kier alpha value is 2.20. The fourth-order valence-electron chi connectivity index (χ4n) is 0.102. The van der Waals surface area contributed by atoms with Crippen LogP contribution in [0.1, 0.15) is 0 Å². The molecular weight excluding hydrogens is 378 g/mol. The van der Waals surface area contributed by atoms with Crippen LogP contribution >= 0.6 is 0 Å². The van der Waals surface area contributed by atoms with Gasteiger partial charge in [-0.1, -0.05) is 0 Å². The van der Waals surface area contributed by atoms with Crippen molar-refractivity contribution in [1.82, 2.24) is 0 Å². The molecule has 0 amide bonds. The van der Waals surface area contributed by atoms with Gasteiger partial charge in [0.2, 0.25) is 0 Å². The number of rotatable bonds is 2. The molecule has 0 fully saturated rings. The first-order chi connectivity index (χ1) is 5.71. The van der Waals surface area contributed by atoms with E-state index in [1.54, 1.807) is 0 Å². The Morgan fingerprint density at radius 2 is 0.875 bits per heavy atom. The van der Waals surface area contributed by atoms with Crippen molar-refractivity contribution in [3.8, 4) is 0 Å². The monoisotopic (exact) mass is 380 g/mol. The fourth-order valence-corrected chi connectivity index (χ4v) is 1.74. The normalized spacial score (nSPS) is 11.2. The zero-order valence-electron chi connectivity index (χ0n) is 7.79. The van der Waals surface area contributed by atoms with E-state index in [1.165, 1.54) is 0 Å². The number of hydrogen-bond donors (Lipinski definition) is 2. The second-order valence-electron chi connectivity index (χ2n) is 1.33. The van der Waals surface area contributed by atoms with Crippen LogP contribution in [-0.2, 0) is 66.5 Å². The van der Waals surface area contributed by atoms with Gasteiger partial charge in [-0.05, 0) is 0 Å². The van der Waals surface area contributed by atoms with E-state index < -0.39 is 40.8 Å². The molecule has 0 saturated heterocycles. The molecule has 88 valence electrons. The Kier molecular flexibility index (Phi) is 16.8. The first-order valence-electron chi connectivity index (χ1n) is 2.03. The maximum atomic E-state index is 9.38. The van der Waals surface area contributed by atoms with Gasteiger partial charge in [-0.15, -0.1) is 0 Å². The molecule has 0 bridgehead atoms. The van der Waals surface area contributed by atoms with Crippen LogP contribution in [0.2, 0.25) is 0 Å². The van der Waals surface area contributed by atoms with Gasteiger partial charge in [-0.2, -0.15) is 0 Å². The Balaban J connectivity index is -0.0000000904. The van der Waals surface area contributed by atoms with E-state index in [1.807, 2.05) is 0 Å². The molecule has 2 N–H and O–H groups in total. The third-order valence-corrected chi connectivity index (χ3v) is 2.83. The summed E-state index contributed by atoms with van der Waals surface area (Å²) in [7, 11) is 0. The zero-order chi connectivity index (χ0) is 12.2. The molecule has 0 unspecified atom stereocenters. The van der Waals surface area contributed by atoms with Gasteiger partial charge in [0.1, 0.15) is 0 Å². The third kappa shape index (κ3) is 55.7. The average Bonchev–Trinajstić information content (AvgIpc) is 1.42. The van der Waals surface area contributed by atoms with Crippen molar-refractivity contribution >= 4 is 0 Å². The van der Waals surface area contributed by atoms with E-state index in [4.69, 9.17) is 15.9 Å². The summed E-state index contributed by atoms with van der Waals surface area (Å²) in [5.74, 6) is 0. The summed E-state index contributed by atoms with van der Waals surface area (Å²) >= 11 is -17.4. The van der Waals surface area contributed by atoms with E-state index >= 15 is 0 Å². The van der Waals surface area contributed by atoms with Crippen molar-refractivity contribution in [2.24, 2.45) is 0 Å². The SMILES string of the molecule is [Na+].[Na+].[O]=[Cr](=[O])([O-])[O][Cr](=[O])(=[O])[O-].[O]=[Cr](=[O])([OH])[OH]. The summed E-state index contributed by atoms with van der Waals surface area (Å²) < 4.78 is 90.8. The van der Waals surface area contributed by atoms with Crippen LogP contribution in [0.4, 0.5) is 0 Å². The van der Waals surface area contributed by atoms with Crippen LogP contribution in [0.5, 0.6) is 0 Å². The van der Waals surface area contributed by atoms with Crippen molar-refractivity contribution in [1.29, 1.82) is 0 Å². The Bertz CT molecular complexity index is 411. The Morgan fingerprint density at radius 1 is 0.750 bits per heavy atom. The molecule has 0 rings (SSSR count). The van der Waals surface area contributed by atoms with Gasteiger partial charge >= 0.3 is 142 Å². The molecular formula is H2Cr3Na2O11. The molecule has 0 atom stereocenters. The van der Waals surface area contributed by atoms with Crippen LogP contribution < -0.4 is 67.4 Å². The topological polar surface area (TPSA) is 198 Å². The molecule has 16 heteroatoms. The Morgan fingerprint density at radius 3 is 0.875 bits per heavy atom. The molecule has 0 aromatic heterocycles. The van der Waals surface area contributed by atoms with E-state index in [9.17, 15) is 23.5 Å². The first kappa shape index (κ1) is 26.7. The first-order valence-corrected chi connectivity index (χ1v) is 8.38. The van der Waals surface area contributed by atoms with Gasteiger partial charge in [0.05, 0.1) is 0 Å². The van der Waals surface area contributed by atoms with Crippen LogP contribution in [-0.4, -0.2) is 8.32 Å². The third-order valence-electron chi connectivity index (χ3n) is 0.167. The summed E-state index contributed by atoms with van der Waals surface area (Å²) in [6.45, 7) is 0. The Labute approximate surface area is 140 Å². The van der Waals surface area contributed by atoms with Crippen molar-refractivity contribution < 1.29 is 142 Å². The molecule has 11 nitrogen and oxygen atoms in total. The summed E-state index contributed by atoms with van der Waals surface area (Å²) in [5, 5.41) is 0. The van der Waals surface area contributed by atoms with Crippen LogP contribution in [0, 0.1) is 0 Å². The molecule has 0 aliphatic heterocycles.